The van der Waals surface area contributed by atoms with Crippen molar-refractivity contribution in [1.29, 1.82) is 0 Å². The van der Waals surface area contributed by atoms with E-state index in [1.807, 2.05) is 13.8 Å². The summed E-state index contributed by atoms with van der Waals surface area (Å²) < 4.78 is 4.58. The molecule has 0 aliphatic heterocycles. The minimum atomic E-state index is -0.219. The molecule has 0 heterocycles. The van der Waals surface area contributed by atoms with E-state index in [4.69, 9.17) is 12.2 Å². The van der Waals surface area contributed by atoms with Crippen molar-refractivity contribution in [2.24, 2.45) is 0 Å². The molecule has 2 N–H and O–H groups in total. The molecule has 0 aromatic heterocycles. The van der Waals surface area contributed by atoms with Gasteiger partial charge in [-0.3, -0.25) is 4.79 Å². The highest BCUT2D eigenvalue weighted by molar-refractivity contribution is 7.80. The van der Waals surface area contributed by atoms with Crippen molar-refractivity contribution in [3.8, 4) is 0 Å². The lowest BCUT2D eigenvalue weighted by molar-refractivity contribution is -0.141. The molecule has 5 heteroatoms. The van der Waals surface area contributed by atoms with Gasteiger partial charge in [0.1, 0.15) is 0 Å². The van der Waals surface area contributed by atoms with Crippen LogP contribution < -0.4 is 10.6 Å². The first-order valence-corrected chi connectivity index (χ1v) is 5.16. The number of rotatable bonds is 5. The molecule has 0 aromatic carbocycles. The van der Waals surface area contributed by atoms with Crippen molar-refractivity contribution < 1.29 is 9.53 Å². The normalized spacial score (nSPS) is 11.6. The number of carbonyl (C=O) groups excluding carboxylic acids is 1. The van der Waals surface area contributed by atoms with Gasteiger partial charge in [-0.15, -0.1) is 0 Å². The Hall–Kier alpha value is -0.840. The van der Waals surface area contributed by atoms with E-state index in [-0.39, 0.29) is 12.0 Å². The maximum Gasteiger partial charge on any atom is 0.307 e. The van der Waals surface area contributed by atoms with E-state index in [9.17, 15) is 4.79 Å². The van der Waals surface area contributed by atoms with Crippen LogP contribution in [-0.2, 0) is 9.53 Å². The van der Waals surface area contributed by atoms with Crippen molar-refractivity contribution in [3.63, 3.8) is 0 Å². The summed E-state index contributed by atoms with van der Waals surface area (Å²) in [5, 5.41) is 6.61. The monoisotopic (exact) mass is 218 g/mol. The average molecular weight is 218 g/mol. The molecule has 4 nitrogen and oxygen atoms in total. The number of methoxy groups -OCH3 is 1. The molecule has 0 aliphatic rings. The van der Waals surface area contributed by atoms with E-state index < -0.39 is 0 Å². The Labute approximate surface area is 90.4 Å². The minimum absolute atomic E-state index is 0.0500. The van der Waals surface area contributed by atoms with Gasteiger partial charge in [-0.1, -0.05) is 6.92 Å². The molecule has 0 amide bonds. The second-order valence-electron chi connectivity index (χ2n) is 2.89. The van der Waals surface area contributed by atoms with Crippen LogP contribution in [0.4, 0.5) is 0 Å². The quantitative estimate of drug-likeness (QED) is 0.528. The molecule has 0 rings (SSSR count). The largest absolute Gasteiger partial charge is 0.469 e. The molecule has 14 heavy (non-hydrogen) atoms. The van der Waals surface area contributed by atoms with Gasteiger partial charge in [-0.2, -0.15) is 0 Å². The van der Waals surface area contributed by atoms with Crippen molar-refractivity contribution in [2.45, 2.75) is 32.7 Å². The van der Waals surface area contributed by atoms with Crippen LogP contribution in [0, 0.1) is 0 Å². The predicted molar refractivity (Wildman–Crippen MR) is 60.1 cm³/mol. The van der Waals surface area contributed by atoms with Crippen LogP contribution in [0.2, 0.25) is 0 Å². The predicted octanol–water partition coefficient (Wildman–Crippen LogP) is 0.812. The lowest BCUT2D eigenvalue weighted by Crippen LogP contribution is -2.42. The Balaban J connectivity index is 3.89. The molecule has 0 saturated heterocycles. The summed E-state index contributed by atoms with van der Waals surface area (Å²) >= 11 is 5.01. The fourth-order valence-corrected chi connectivity index (χ4v) is 1.29. The molecule has 0 spiro atoms. The number of thiocarbonyl (C=S) groups is 1. The van der Waals surface area contributed by atoms with E-state index in [1.54, 1.807) is 0 Å². The maximum absolute atomic E-state index is 11.0. The number of hydrogen-bond acceptors (Lipinski definition) is 3. The number of carbonyl (C=O) groups is 1. The topological polar surface area (TPSA) is 50.4 Å². The highest BCUT2D eigenvalue weighted by Gasteiger charge is 2.12. The van der Waals surface area contributed by atoms with Crippen LogP contribution in [0.5, 0.6) is 0 Å². The number of hydrogen-bond donors (Lipinski definition) is 2. The molecular weight excluding hydrogens is 200 g/mol. The Morgan fingerprint density at radius 3 is 2.57 bits per heavy atom. The lowest BCUT2D eigenvalue weighted by atomic mass is 10.1. The van der Waals surface area contributed by atoms with E-state index >= 15 is 0 Å². The Morgan fingerprint density at radius 2 is 2.14 bits per heavy atom. The molecule has 0 bridgehead atoms. The summed E-state index contributed by atoms with van der Waals surface area (Å²) in [6.07, 6.45) is 1.18. The molecule has 0 saturated carbocycles. The molecule has 0 radical (unpaired) electrons. The first kappa shape index (κ1) is 13.2. The molecule has 1 atom stereocenters. The van der Waals surface area contributed by atoms with Crippen LogP contribution in [0.3, 0.4) is 0 Å². The Kier molecular flexibility index (Phi) is 7.10. The highest BCUT2D eigenvalue weighted by Crippen LogP contribution is 1.98. The molecule has 0 fully saturated rings. The Bertz CT molecular complexity index is 197. The number of nitrogens with one attached hydrogen (secondary N) is 2. The molecule has 82 valence electrons. The van der Waals surface area contributed by atoms with Crippen LogP contribution in [0.25, 0.3) is 0 Å². The van der Waals surface area contributed by atoms with Crippen LogP contribution in [0.1, 0.15) is 26.7 Å². The van der Waals surface area contributed by atoms with Gasteiger partial charge in [0.2, 0.25) is 0 Å². The summed E-state index contributed by atoms with van der Waals surface area (Å²) in [5.74, 6) is -0.219. The third-order valence-electron chi connectivity index (χ3n) is 1.81. The van der Waals surface area contributed by atoms with Gasteiger partial charge in [0.15, 0.2) is 5.11 Å². The van der Waals surface area contributed by atoms with Gasteiger partial charge in [-0.05, 0) is 25.6 Å². The van der Waals surface area contributed by atoms with Crippen LogP contribution >= 0.6 is 12.2 Å². The van der Waals surface area contributed by atoms with Crippen LogP contribution in [0.15, 0.2) is 0 Å². The summed E-state index contributed by atoms with van der Waals surface area (Å²) in [6, 6.07) is 0.0500. The zero-order valence-corrected chi connectivity index (χ0v) is 9.74. The Morgan fingerprint density at radius 1 is 1.50 bits per heavy atom. The van der Waals surface area contributed by atoms with Gasteiger partial charge in [0.25, 0.3) is 0 Å². The standard InChI is InChI=1S/C9H18N2O2S/c1-4-7(6-8(12)13-3)11-9(14)10-5-2/h7H,4-6H2,1-3H3,(H2,10,11,14). The molecule has 0 aromatic rings. The van der Waals surface area contributed by atoms with Gasteiger partial charge in [0, 0.05) is 12.6 Å². The van der Waals surface area contributed by atoms with Crippen molar-refractivity contribution >= 4 is 23.3 Å². The lowest BCUT2D eigenvalue weighted by Gasteiger charge is -2.17. The summed E-state index contributed by atoms with van der Waals surface area (Å²) in [6.45, 7) is 4.74. The minimum Gasteiger partial charge on any atom is -0.469 e. The van der Waals surface area contributed by atoms with Crippen molar-refractivity contribution in [2.75, 3.05) is 13.7 Å². The molecular formula is C9H18N2O2S. The van der Waals surface area contributed by atoms with Gasteiger partial charge >= 0.3 is 5.97 Å². The highest BCUT2D eigenvalue weighted by atomic mass is 32.1. The fourth-order valence-electron chi connectivity index (χ4n) is 0.979. The SMILES string of the molecule is CCNC(=S)NC(CC)CC(=O)OC. The van der Waals surface area contributed by atoms with E-state index in [0.29, 0.717) is 11.5 Å². The summed E-state index contributed by atoms with van der Waals surface area (Å²) in [7, 11) is 1.39. The first-order chi connectivity index (χ1) is 6.63. The van der Waals surface area contributed by atoms with E-state index in [0.717, 1.165) is 13.0 Å². The number of esters is 1. The van der Waals surface area contributed by atoms with Gasteiger partial charge in [-0.25, -0.2) is 0 Å². The van der Waals surface area contributed by atoms with Crippen molar-refractivity contribution in [3.05, 3.63) is 0 Å². The summed E-state index contributed by atoms with van der Waals surface area (Å²) in [4.78, 5) is 11.0. The summed E-state index contributed by atoms with van der Waals surface area (Å²) in [5.41, 5.74) is 0. The zero-order valence-electron chi connectivity index (χ0n) is 8.92. The molecule has 1 unspecified atom stereocenters. The average Bonchev–Trinajstić information content (AvgIpc) is 2.16. The zero-order chi connectivity index (χ0) is 11.0. The van der Waals surface area contributed by atoms with Gasteiger partial charge in [0.05, 0.1) is 13.5 Å². The second kappa shape index (κ2) is 7.55. The first-order valence-electron chi connectivity index (χ1n) is 4.75. The molecule has 0 aliphatic carbocycles. The van der Waals surface area contributed by atoms with Gasteiger partial charge < -0.3 is 15.4 Å². The fraction of sp³-hybridized carbons (Fsp3) is 0.778. The van der Waals surface area contributed by atoms with E-state index in [2.05, 4.69) is 15.4 Å². The maximum atomic E-state index is 11.0. The third-order valence-corrected chi connectivity index (χ3v) is 2.07. The van der Waals surface area contributed by atoms with Crippen LogP contribution in [-0.4, -0.2) is 30.8 Å². The smallest absolute Gasteiger partial charge is 0.307 e. The third kappa shape index (κ3) is 5.75. The number of ether oxygens (including phenoxy) is 1. The van der Waals surface area contributed by atoms with Crippen molar-refractivity contribution in [1.82, 2.24) is 10.6 Å². The second-order valence-corrected chi connectivity index (χ2v) is 3.30. The van der Waals surface area contributed by atoms with E-state index in [1.165, 1.54) is 7.11 Å².